The molecule has 0 radical (unpaired) electrons. The fourth-order valence-electron chi connectivity index (χ4n) is 4.27. The Morgan fingerprint density at radius 2 is 2.12 bits per heavy atom. The highest BCUT2D eigenvalue weighted by Crippen LogP contribution is 2.44. The standard InChI is InChI=1S/C18H20FN3O2/c19-14-3-1-2-13-17-9-20-10-22(17)16(18(13)14)8-15(21-24)11-4-6-12(23)7-5-11/h1-3,9-12,15-16,23H,4-8H2. The third-order valence-electron chi connectivity index (χ3n) is 5.55. The molecule has 0 amide bonds. The molecule has 1 aromatic heterocycles. The highest BCUT2D eigenvalue weighted by molar-refractivity contribution is 5.69. The van der Waals surface area contributed by atoms with Gasteiger partial charge in [-0.05, 0) is 44.1 Å². The van der Waals surface area contributed by atoms with E-state index in [-0.39, 0.29) is 29.9 Å². The highest BCUT2D eigenvalue weighted by Gasteiger charge is 2.36. The van der Waals surface area contributed by atoms with Crippen LogP contribution in [0.5, 0.6) is 0 Å². The van der Waals surface area contributed by atoms with Crippen LogP contribution in [0.2, 0.25) is 0 Å². The van der Waals surface area contributed by atoms with Gasteiger partial charge in [0.05, 0.1) is 36.4 Å². The fourth-order valence-corrected chi connectivity index (χ4v) is 4.27. The van der Waals surface area contributed by atoms with E-state index in [9.17, 15) is 14.4 Å². The molecule has 126 valence electrons. The van der Waals surface area contributed by atoms with Crippen LogP contribution in [0.15, 0.2) is 35.9 Å². The molecule has 2 aromatic rings. The van der Waals surface area contributed by atoms with Crippen LogP contribution >= 0.6 is 0 Å². The van der Waals surface area contributed by atoms with Gasteiger partial charge in [-0.1, -0.05) is 17.3 Å². The van der Waals surface area contributed by atoms with Gasteiger partial charge in [-0.3, -0.25) is 0 Å². The summed E-state index contributed by atoms with van der Waals surface area (Å²) >= 11 is 0. The quantitative estimate of drug-likeness (QED) is 0.870. The van der Waals surface area contributed by atoms with Crippen LogP contribution in [0.1, 0.15) is 43.7 Å². The summed E-state index contributed by atoms with van der Waals surface area (Å²) in [6.07, 6.45) is 6.66. The maximum Gasteiger partial charge on any atom is 0.129 e. The van der Waals surface area contributed by atoms with Gasteiger partial charge in [0.25, 0.3) is 0 Å². The second-order valence-corrected chi connectivity index (χ2v) is 6.88. The Labute approximate surface area is 139 Å². The van der Waals surface area contributed by atoms with E-state index < -0.39 is 0 Å². The molecule has 5 nitrogen and oxygen atoms in total. The number of aliphatic hydroxyl groups is 1. The lowest BCUT2D eigenvalue weighted by atomic mass is 9.80. The molecule has 1 aliphatic heterocycles. The van der Waals surface area contributed by atoms with E-state index in [4.69, 9.17) is 0 Å². The summed E-state index contributed by atoms with van der Waals surface area (Å²) < 4.78 is 16.4. The molecule has 0 saturated heterocycles. The predicted molar refractivity (Wildman–Crippen MR) is 87.9 cm³/mol. The van der Waals surface area contributed by atoms with Crippen LogP contribution in [-0.2, 0) is 0 Å². The maximum atomic E-state index is 14.5. The molecule has 1 N–H and O–H groups in total. The van der Waals surface area contributed by atoms with Crippen LogP contribution in [0, 0.1) is 16.6 Å². The number of aliphatic hydroxyl groups excluding tert-OH is 1. The van der Waals surface area contributed by atoms with Gasteiger partial charge in [0.15, 0.2) is 0 Å². The number of nitroso groups, excluding NO2 is 1. The second kappa shape index (κ2) is 6.09. The van der Waals surface area contributed by atoms with E-state index in [2.05, 4.69) is 10.2 Å². The maximum absolute atomic E-state index is 14.5. The molecule has 4 rings (SSSR count). The van der Waals surface area contributed by atoms with Gasteiger partial charge in [0, 0.05) is 11.1 Å². The van der Waals surface area contributed by atoms with Crippen molar-refractivity contribution in [2.45, 2.75) is 50.3 Å². The summed E-state index contributed by atoms with van der Waals surface area (Å²) in [6, 6.07) is 4.45. The summed E-state index contributed by atoms with van der Waals surface area (Å²) in [5.41, 5.74) is 2.37. The van der Waals surface area contributed by atoms with Crippen LogP contribution in [0.25, 0.3) is 11.3 Å². The summed E-state index contributed by atoms with van der Waals surface area (Å²) in [6.45, 7) is 0. The average molecular weight is 329 g/mol. The molecule has 0 bridgehead atoms. The molecule has 2 aliphatic rings. The first-order chi connectivity index (χ1) is 11.7. The third kappa shape index (κ3) is 2.45. The SMILES string of the molecule is O=NC(CC1c2c(F)cccc2-c2cncn21)C1CCC(O)CC1. The molecular formula is C18H20FN3O2. The Morgan fingerprint density at radius 1 is 1.33 bits per heavy atom. The number of halogens is 1. The van der Waals surface area contributed by atoms with Gasteiger partial charge in [0.2, 0.25) is 0 Å². The summed E-state index contributed by atoms with van der Waals surface area (Å²) in [7, 11) is 0. The minimum Gasteiger partial charge on any atom is -0.393 e. The minimum absolute atomic E-state index is 0.161. The molecular weight excluding hydrogens is 309 g/mol. The van der Waals surface area contributed by atoms with Crippen molar-refractivity contribution in [2.75, 3.05) is 0 Å². The molecule has 24 heavy (non-hydrogen) atoms. The zero-order valence-electron chi connectivity index (χ0n) is 13.3. The first-order valence-electron chi connectivity index (χ1n) is 8.50. The Bertz CT molecular complexity index is 752. The van der Waals surface area contributed by atoms with Gasteiger partial charge >= 0.3 is 0 Å². The Kier molecular flexibility index (Phi) is 3.92. The number of imidazole rings is 1. The number of nitrogens with zero attached hydrogens (tertiary/aromatic N) is 3. The van der Waals surface area contributed by atoms with Crippen LogP contribution in [0.4, 0.5) is 4.39 Å². The van der Waals surface area contributed by atoms with E-state index in [1.807, 2.05) is 10.6 Å². The van der Waals surface area contributed by atoms with Crippen LogP contribution in [0.3, 0.4) is 0 Å². The van der Waals surface area contributed by atoms with Gasteiger partial charge in [-0.2, -0.15) is 4.91 Å². The Morgan fingerprint density at radius 3 is 2.88 bits per heavy atom. The van der Waals surface area contributed by atoms with Crippen molar-refractivity contribution in [1.82, 2.24) is 9.55 Å². The smallest absolute Gasteiger partial charge is 0.129 e. The van der Waals surface area contributed by atoms with Crippen LogP contribution < -0.4 is 0 Å². The predicted octanol–water partition coefficient (Wildman–Crippen LogP) is 3.67. The molecule has 1 saturated carbocycles. The topological polar surface area (TPSA) is 67.5 Å². The molecule has 0 spiro atoms. The molecule has 1 aliphatic carbocycles. The molecule has 2 heterocycles. The molecule has 2 unspecified atom stereocenters. The average Bonchev–Trinajstić information content (AvgIpc) is 3.16. The number of fused-ring (bicyclic) bond motifs is 3. The van der Waals surface area contributed by atoms with Crippen molar-refractivity contribution in [2.24, 2.45) is 11.1 Å². The van der Waals surface area contributed by atoms with Crippen molar-refractivity contribution < 1.29 is 9.50 Å². The van der Waals surface area contributed by atoms with E-state index >= 15 is 0 Å². The molecule has 1 aromatic carbocycles. The lowest BCUT2D eigenvalue weighted by molar-refractivity contribution is 0.0996. The number of hydrogen-bond acceptors (Lipinski definition) is 4. The first-order valence-corrected chi connectivity index (χ1v) is 8.50. The molecule has 6 heteroatoms. The number of rotatable bonds is 4. The minimum atomic E-state index is -0.372. The third-order valence-corrected chi connectivity index (χ3v) is 5.55. The molecule has 1 fully saturated rings. The van der Waals surface area contributed by atoms with Gasteiger partial charge in [-0.15, -0.1) is 0 Å². The monoisotopic (exact) mass is 329 g/mol. The Balaban J connectivity index is 1.63. The van der Waals surface area contributed by atoms with Crippen molar-refractivity contribution in [3.05, 3.63) is 47.0 Å². The van der Waals surface area contributed by atoms with E-state index in [1.54, 1.807) is 18.6 Å². The van der Waals surface area contributed by atoms with Gasteiger partial charge in [-0.25, -0.2) is 9.37 Å². The second-order valence-electron chi connectivity index (χ2n) is 6.88. The lowest BCUT2D eigenvalue weighted by Crippen LogP contribution is -2.28. The van der Waals surface area contributed by atoms with E-state index in [0.29, 0.717) is 24.8 Å². The number of benzene rings is 1. The van der Waals surface area contributed by atoms with E-state index in [1.165, 1.54) is 6.07 Å². The zero-order valence-corrected chi connectivity index (χ0v) is 13.3. The van der Waals surface area contributed by atoms with E-state index in [0.717, 1.165) is 24.1 Å². The zero-order chi connectivity index (χ0) is 16.7. The van der Waals surface area contributed by atoms with Crippen molar-refractivity contribution in [3.63, 3.8) is 0 Å². The lowest BCUT2D eigenvalue weighted by Gasteiger charge is -2.30. The summed E-state index contributed by atoms with van der Waals surface area (Å²) in [5, 5.41) is 13.0. The first kappa shape index (κ1) is 15.4. The molecule has 2 atom stereocenters. The number of hydrogen-bond donors (Lipinski definition) is 1. The van der Waals surface area contributed by atoms with Crippen molar-refractivity contribution in [1.29, 1.82) is 0 Å². The van der Waals surface area contributed by atoms with Gasteiger partial charge < -0.3 is 9.67 Å². The summed E-state index contributed by atoms with van der Waals surface area (Å²) in [4.78, 5) is 15.7. The largest absolute Gasteiger partial charge is 0.393 e. The normalized spacial score (nSPS) is 26.7. The van der Waals surface area contributed by atoms with Gasteiger partial charge in [0.1, 0.15) is 5.82 Å². The highest BCUT2D eigenvalue weighted by atomic mass is 19.1. The van der Waals surface area contributed by atoms with Crippen molar-refractivity contribution >= 4 is 0 Å². The summed E-state index contributed by atoms with van der Waals surface area (Å²) in [5.74, 6) is -0.0846. The fraction of sp³-hybridized carbons (Fsp3) is 0.500. The number of aromatic nitrogens is 2. The van der Waals surface area contributed by atoms with Crippen LogP contribution in [-0.4, -0.2) is 26.8 Å². The Hall–Kier alpha value is -2.08. The van der Waals surface area contributed by atoms with Crippen molar-refractivity contribution in [3.8, 4) is 11.3 Å².